The Bertz CT molecular complexity index is 649. The largest absolute Gasteiger partial charge is 0.355 e. The van der Waals surface area contributed by atoms with Gasteiger partial charge >= 0.3 is 0 Å². The normalized spacial score (nSPS) is 12.6. The Kier molecular flexibility index (Phi) is 8.38. The van der Waals surface area contributed by atoms with E-state index >= 15 is 0 Å². The molecule has 1 rings (SSSR count). The summed E-state index contributed by atoms with van der Waals surface area (Å²) in [5.41, 5.74) is 4.44. The van der Waals surface area contributed by atoms with Gasteiger partial charge in [0.05, 0.1) is 0 Å². The van der Waals surface area contributed by atoms with Gasteiger partial charge in [-0.3, -0.25) is 4.79 Å². The topological polar surface area (TPSA) is 101 Å². The van der Waals surface area contributed by atoms with Gasteiger partial charge in [0.1, 0.15) is 4.21 Å². The summed E-state index contributed by atoms with van der Waals surface area (Å²) in [7, 11) is -3.57. The average molecular weight is 398 g/mol. The summed E-state index contributed by atoms with van der Waals surface area (Å²) in [6.45, 7) is 9.72. The van der Waals surface area contributed by atoms with Crippen LogP contribution in [0.25, 0.3) is 0 Å². The fraction of sp³-hybridized carbons (Fsp3) is 0.667. The van der Waals surface area contributed by atoms with E-state index in [1.54, 1.807) is 26.0 Å². The molecule has 140 valence electrons. The van der Waals surface area contributed by atoms with Crippen LogP contribution in [-0.4, -0.2) is 33.0 Å². The first kappa shape index (κ1) is 23.3. The van der Waals surface area contributed by atoms with Crippen molar-refractivity contribution in [2.45, 2.75) is 50.8 Å². The molecule has 0 aromatic carbocycles. The molecule has 1 amide bonds. The molecule has 0 bridgehead atoms. The van der Waals surface area contributed by atoms with Crippen LogP contribution in [0.1, 0.15) is 39.5 Å². The number of rotatable bonds is 7. The molecule has 0 saturated heterocycles. The number of amides is 1. The van der Waals surface area contributed by atoms with E-state index in [4.69, 9.17) is 5.73 Å². The third kappa shape index (κ3) is 7.06. The number of nitrogens with two attached hydrogens (primary N) is 1. The first-order valence-corrected chi connectivity index (χ1v) is 9.78. The van der Waals surface area contributed by atoms with Crippen molar-refractivity contribution in [3.8, 4) is 0 Å². The smallest absolute Gasteiger partial charge is 0.250 e. The number of hydrogen-bond donors (Lipinski definition) is 3. The van der Waals surface area contributed by atoms with Crippen molar-refractivity contribution in [1.82, 2.24) is 10.0 Å². The molecule has 9 heteroatoms. The molecule has 0 radical (unpaired) electrons. The van der Waals surface area contributed by atoms with Crippen LogP contribution in [0.5, 0.6) is 0 Å². The highest BCUT2D eigenvalue weighted by Gasteiger charge is 2.26. The predicted molar refractivity (Wildman–Crippen MR) is 101 cm³/mol. The molecule has 1 aromatic heterocycles. The highest BCUT2D eigenvalue weighted by atomic mass is 35.5. The monoisotopic (exact) mass is 397 g/mol. The lowest BCUT2D eigenvalue weighted by Gasteiger charge is -2.23. The molecular formula is C15H28ClN3O3S2. The molecule has 0 spiro atoms. The maximum atomic E-state index is 12.3. The highest BCUT2D eigenvalue weighted by molar-refractivity contribution is 7.91. The van der Waals surface area contributed by atoms with Crippen molar-refractivity contribution < 1.29 is 13.2 Å². The lowest BCUT2D eigenvalue weighted by atomic mass is 9.96. The van der Waals surface area contributed by atoms with Gasteiger partial charge < -0.3 is 11.1 Å². The van der Waals surface area contributed by atoms with Crippen LogP contribution < -0.4 is 15.8 Å². The third-order valence-electron chi connectivity index (χ3n) is 3.16. The summed E-state index contributed by atoms with van der Waals surface area (Å²) >= 11 is 1.21. The summed E-state index contributed by atoms with van der Waals surface area (Å²) in [6.07, 6.45) is 0.599. The van der Waals surface area contributed by atoms with Crippen LogP contribution in [0.2, 0.25) is 0 Å². The van der Waals surface area contributed by atoms with E-state index < -0.39 is 21.0 Å². The Morgan fingerprint density at radius 3 is 2.29 bits per heavy atom. The van der Waals surface area contributed by atoms with Gasteiger partial charge in [-0.15, -0.1) is 23.7 Å². The number of hydrogen-bond acceptors (Lipinski definition) is 5. The van der Waals surface area contributed by atoms with Crippen LogP contribution in [-0.2, 0) is 21.2 Å². The van der Waals surface area contributed by atoms with Crippen molar-refractivity contribution >= 4 is 39.7 Å². The molecule has 1 aromatic rings. The molecule has 0 aliphatic heterocycles. The van der Waals surface area contributed by atoms with Gasteiger partial charge in [0.25, 0.3) is 10.0 Å². The fourth-order valence-corrected chi connectivity index (χ4v) is 4.44. The molecule has 0 aliphatic carbocycles. The van der Waals surface area contributed by atoms with Gasteiger partial charge in [-0.05, 0) is 32.4 Å². The van der Waals surface area contributed by atoms with Gasteiger partial charge in [0, 0.05) is 28.9 Å². The molecule has 0 saturated carbocycles. The summed E-state index contributed by atoms with van der Waals surface area (Å²) < 4.78 is 27.5. The number of halogens is 1. The minimum Gasteiger partial charge on any atom is -0.355 e. The van der Waals surface area contributed by atoms with E-state index in [-0.39, 0.29) is 29.1 Å². The quantitative estimate of drug-likeness (QED) is 0.653. The fourth-order valence-electron chi connectivity index (χ4n) is 1.66. The zero-order chi connectivity index (χ0) is 17.9. The second kappa shape index (κ2) is 8.62. The van der Waals surface area contributed by atoms with E-state index in [9.17, 15) is 13.2 Å². The van der Waals surface area contributed by atoms with Crippen molar-refractivity contribution in [2.24, 2.45) is 11.1 Å². The summed E-state index contributed by atoms with van der Waals surface area (Å²) in [6, 6.07) is 3.36. The standard InChI is InChI=1S/C15H27N3O3S2.ClH/c1-14(2,3)13(19)17-9-8-11-6-7-12(22-11)23(20,21)18-15(4,5)10-16;/h6-7,18H,8-10,16H2,1-5H3,(H,17,19);1H. The Morgan fingerprint density at radius 1 is 1.21 bits per heavy atom. The third-order valence-corrected chi connectivity index (χ3v) is 6.50. The maximum absolute atomic E-state index is 12.3. The molecule has 24 heavy (non-hydrogen) atoms. The summed E-state index contributed by atoms with van der Waals surface area (Å²) in [5.74, 6) is -0.0201. The van der Waals surface area contributed by atoms with Crippen LogP contribution in [0, 0.1) is 5.41 Å². The van der Waals surface area contributed by atoms with Crippen LogP contribution in [0.3, 0.4) is 0 Å². The Labute approximate surface area is 155 Å². The van der Waals surface area contributed by atoms with E-state index in [0.717, 1.165) is 4.88 Å². The Balaban J connectivity index is 0.00000529. The molecular weight excluding hydrogens is 370 g/mol. The molecule has 0 unspecified atom stereocenters. The van der Waals surface area contributed by atoms with Crippen LogP contribution in [0.4, 0.5) is 0 Å². The van der Waals surface area contributed by atoms with Gasteiger partial charge in [-0.1, -0.05) is 20.8 Å². The van der Waals surface area contributed by atoms with Gasteiger partial charge in [0.15, 0.2) is 0 Å². The van der Waals surface area contributed by atoms with Crippen molar-refractivity contribution in [3.05, 3.63) is 17.0 Å². The molecule has 0 fully saturated rings. The SMILES string of the molecule is CC(C)(CN)NS(=O)(=O)c1ccc(CCNC(=O)C(C)(C)C)s1.Cl. The van der Waals surface area contributed by atoms with Gasteiger partial charge in [-0.2, -0.15) is 0 Å². The van der Waals surface area contributed by atoms with E-state index in [1.807, 2.05) is 20.8 Å². The predicted octanol–water partition coefficient (Wildman–Crippen LogP) is 1.89. The number of carbonyl (C=O) groups excluding carboxylic acids is 1. The second-order valence-electron chi connectivity index (χ2n) is 7.17. The minimum atomic E-state index is -3.57. The van der Waals surface area contributed by atoms with Gasteiger partial charge in [-0.25, -0.2) is 13.1 Å². The number of thiophene rings is 1. The molecule has 4 N–H and O–H groups in total. The Morgan fingerprint density at radius 2 is 1.79 bits per heavy atom. The van der Waals surface area contributed by atoms with Crippen LogP contribution in [0.15, 0.2) is 16.3 Å². The highest BCUT2D eigenvalue weighted by Crippen LogP contribution is 2.23. The maximum Gasteiger partial charge on any atom is 0.250 e. The lowest BCUT2D eigenvalue weighted by Crippen LogP contribution is -2.48. The van der Waals surface area contributed by atoms with Crippen LogP contribution >= 0.6 is 23.7 Å². The van der Waals surface area contributed by atoms with Gasteiger partial charge in [0.2, 0.25) is 5.91 Å². The van der Waals surface area contributed by atoms with Crippen molar-refractivity contribution in [2.75, 3.05) is 13.1 Å². The molecule has 0 aliphatic rings. The number of sulfonamides is 1. The zero-order valence-corrected chi connectivity index (χ0v) is 17.3. The number of carbonyl (C=O) groups is 1. The minimum absolute atomic E-state index is 0. The second-order valence-corrected chi connectivity index (χ2v) is 10.2. The Hall–Kier alpha value is -0.670. The molecule has 1 heterocycles. The van der Waals surface area contributed by atoms with E-state index in [1.165, 1.54) is 11.3 Å². The van der Waals surface area contributed by atoms with Crippen molar-refractivity contribution in [1.29, 1.82) is 0 Å². The summed E-state index contributed by atoms with van der Waals surface area (Å²) in [5, 5.41) is 2.85. The summed E-state index contributed by atoms with van der Waals surface area (Å²) in [4.78, 5) is 12.7. The average Bonchev–Trinajstić information content (AvgIpc) is 2.86. The lowest BCUT2D eigenvalue weighted by molar-refractivity contribution is -0.128. The molecule has 6 nitrogen and oxygen atoms in total. The first-order valence-electron chi connectivity index (χ1n) is 7.48. The van der Waals surface area contributed by atoms with E-state index in [2.05, 4.69) is 10.0 Å². The zero-order valence-electron chi connectivity index (χ0n) is 14.8. The van der Waals surface area contributed by atoms with E-state index in [0.29, 0.717) is 13.0 Å². The number of nitrogens with one attached hydrogen (secondary N) is 2. The molecule has 0 atom stereocenters. The van der Waals surface area contributed by atoms with Crippen molar-refractivity contribution in [3.63, 3.8) is 0 Å². The first-order chi connectivity index (χ1) is 10.4.